The maximum atomic E-state index is 14.1. The molecule has 1 aromatic heterocycles. The molecule has 1 saturated heterocycles. The smallest absolute Gasteiger partial charge is 0.273 e. The lowest BCUT2D eigenvalue weighted by atomic mass is 10.2. The van der Waals surface area contributed by atoms with Crippen LogP contribution in [0.3, 0.4) is 0 Å². The molecule has 2 atom stereocenters. The fraction of sp³-hybridized carbons (Fsp3) is 0.429. The van der Waals surface area contributed by atoms with Crippen LogP contribution in [-0.2, 0) is 0 Å². The van der Waals surface area contributed by atoms with E-state index in [9.17, 15) is 27.5 Å². The predicted octanol–water partition coefficient (Wildman–Crippen LogP) is 2.93. The minimum absolute atomic E-state index is 0.0481. The number of carbonyl (C=O) groups excluding carboxylic acids is 1. The standard InChI is InChI=1S/C21H24F4N6O2S/c22-12-4-1-5-13(23)16(12)21-30-17(18(27)34-21)20(33)29-14(9-26)19(28-10-15(24)25)31-7-2-3-11(32)6-8-31/h1,4-5,9,11,14-15,26,32H,2-3,6-8,10,27H2,(H,29,33). The zero-order chi connectivity index (χ0) is 24.8. The van der Waals surface area contributed by atoms with Gasteiger partial charge in [-0.1, -0.05) is 17.4 Å². The van der Waals surface area contributed by atoms with Crippen molar-refractivity contribution in [2.24, 2.45) is 4.99 Å². The van der Waals surface area contributed by atoms with Gasteiger partial charge in [-0.15, -0.1) is 0 Å². The number of benzene rings is 1. The summed E-state index contributed by atoms with van der Waals surface area (Å²) in [5.41, 5.74) is 5.14. The molecule has 2 unspecified atom stereocenters. The van der Waals surface area contributed by atoms with Gasteiger partial charge in [0.2, 0.25) is 0 Å². The summed E-state index contributed by atoms with van der Waals surface area (Å²) in [4.78, 5) is 22.5. The lowest BCUT2D eigenvalue weighted by molar-refractivity contribution is 0.0949. The van der Waals surface area contributed by atoms with E-state index >= 15 is 0 Å². The average molecular weight is 501 g/mol. The number of hydrogen-bond acceptors (Lipinski definition) is 7. The second kappa shape index (κ2) is 11.4. The molecule has 2 aromatic rings. The Morgan fingerprint density at radius 2 is 2.06 bits per heavy atom. The number of nitrogens with two attached hydrogens (primary N) is 1. The zero-order valence-corrected chi connectivity index (χ0v) is 18.8. The first-order chi connectivity index (χ1) is 16.2. The van der Waals surface area contributed by atoms with Gasteiger partial charge in [-0.3, -0.25) is 9.79 Å². The Morgan fingerprint density at radius 1 is 1.35 bits per heavy atom. The molecule has 1 amide bonds. The van der Waals surface area contributed by atoms with Crippen molar-refractivity contribution in [3.8, 4) is 10.6 Å². The lowest BCUT2D eigenvalue weighted by Gasteiger charge is -2.29. The van der Waals surface area contributed by atoms with Gasteiger partial charge in [0.25, 0.3) is 12.3 Å². The van der Waals surface area contributed by atoms with Gasteiger partial charge in [0.15, 0.2) is 5.69 Å². The summed E-state index contributed by atoms with van der Waals surface area (Å²) in [6, 6.07) is 2.10. The van der Waals surface area contributed by atoms with E-state index in [0.29, 0.717) is 43.7 Å². The number of aliphatic imine (C=N–C) groups is 1. The molecule has 3 rings (SSSR count). The Labute approximate surface area is 197 Å². The van der Waals surface area contributed by atoms with Crippen molar-refractivity contribution in [1.82, 2.24) is 15.2 Å². The van der Waals surface area contributed by atoms with Crippen LogP contribution in [-0.4, -0.2) is 71.2 Å². The van der Waals surface area contributed by atoms with Gasteiger partial charge in [-0.25, -0.2) is 22.5 Å². The van der Waals surface area contributed by atoms with Crippen LogP contribution in [0, 0.1) is 17.0 Å². The van der Waals surface area contributed by atoms with Crippen molar-refractivity contribution >= 4 is 34.3 Å². The van der Waals surface area contributed by atoms with Crippen LogP contribution in [0.4, 0.5) is 22.6 Å². The van der Waals surface area contributed by atoms with Gasteiger partial charge in [0.05, 0.1) is 11.7 Å². The number of anilines is 1. The molecule has 0 radical (unpaired) electrons. The maximum absolute atomic E-state index is 14.1. The molecule has 13 heteroatoms. The topological polar surface area (TPSA) is 128 Å². The van der Waals surface area contributed by atoms with Gasteiger partial charge in [-0.2, -0.15) is 0 Å². The molecule has 1 aromatic carbocycles. The first-order valence-electron chi connectivity index (χ1n) is 10.5. The van der Waals surface area contributed by atoms with Crippen LogP contribution in [0.25, 0.3) is 10.6 Å². The number of alkyl halides is 2. The normalized spacial score (nSPS) is 18.0. The van der Waals surface area contributed by atoms with Gasteiger partial charge in [0, 0.05) is 19.3 Å². The Kier molecular flexibility index (Phi) is 8.56. The number of carbonyl (C=O) groups is 1. The number of thiazole rings is 1. The van der Waals surface area contributed by atoms with E-state index in [4.69, 9.17) is 11.1 Å². The number of nitrogens with one attached hydrogen (secondary N) is 2. The summed E-state index contributed by atoms with van der Waals surface area (Å²) in [6.07, 6.45) is -0.954. The monoisotopic (exact) mass is 500 g/mol. The SMILES string of the molecule is N=CC(NC(=O)c1nc(-c2c(F)cccc2F)sc1N)C(=NCC(F)F)N1CCCC(O)CC1. The molecule has 0 aliphatic carbocycles. The van der Waals surface area contributed by atoms with Crippen LogP contribution in [0.2, 0.25) is 0 Å². The fourth-order valence-electron chi connectivity index (χ4n) is 3.56. The van der Waals surface area contributed by atoms with Gasteiger partial charge in [-0.05, 0) is 31.4 Å². The Balaban J connectivity index is 1.86. The van der Waals surface area contributed by atoms with Crippen molar-refractivity contribution < 1.29 is 27.5 Å². The van der Waals surface area contributed by atoms with Crippen LogP contribution in [0.5, 0.6) is 0 Å². The third kappa shape index (κ3) is 6.08. The Bertz CT molecular complexity index is 1040. The minimum atomic E-state index is -2.73. The minimum Gasteiger partial charge on any atom is -0.393 e. The molecule has 184 valence electrons. The predicted molar refractivity (Wildman–Crippen MR) is 122 cm³/mol. The number of halogens is 4. The van der Waals surface area contributed by atoms with E-state index in [1.807, 2.05) is 0 Å². The number of nitrogens with zero attached hydrogens (tertiary/aromatic N) is 3. The highest BCUT2D eigenvalue weighted by Crippen LogP contribution is 2.33. The highest BCUT2D eigenvalue weighted by molar-refractivity contribution is 7.19. The zero-order valence-electron chi connectivity index (χ0n) is 18.0. The largest absolute Gasteiger partial charge is 0.393 e. The molecule has 0 saturated carbocycles. The van der Waals surface area contributed by atoms with Crippen LogP contribution >= 0.6 is 11.3 Å². The summed E-state index contributed by atoms with van der Waals surface area (Å²) in [6.45, 7) is -0.127. The fourth-order valence-corrected chi connectivity index (χ4v) is 4.44. The summed E-state index contributed by atoms with van der Waals surface area (Å²) in [5.74, 6) is -2.55. The first-order valence-corrected chi connectivity index (χ1v) is 11.3. The van der Waals surface area contributed by atoms with Crippen molar-refractivity contribution in [3.05, 3.63) is 35.5 Å². The van der Waals surface area contributed by atoms with Crippen LogP contribution in [0.15, 0.2) is 23.2 Å². The summed E-state index contributed by atoms with van der Waals surface area (Å²) in [7, 11) is 0. The molecule has 5 N–H and O–H groups in total. The molecule has 8 nitrogen and oxygen atoms in total. The number of amides is 1. The van der Waals surface area contributed by atoms with Crippen LogP contribution < -0.4 is 11.1 Å². The number of amidine groups is 1. The average Bonchev–Trinajstić information content (AvgIpc) is 3.03. The van der Waals surface area contributed by atoms with Crippen LogP contribution in [0.1, 0.15) is 29.8 Å². The summed E-state index contributed by atoms with van der Waals surface area (Å²) >= 11 is 0.714. The molecule has 0 bridgehead atoms. The van der Waals surface area contributed by atoms with E-state index in [1.54, 1.807) is 4.90 Å². The van der Waals surface area contributed by atoms with E-state index < -0.39 is 48.2 Å². The second-order valence-corrected chi connectivity index (χ2v) is 8.64. The number of aliphatic hydroxyl groups excluding tert-OH is 1. The van der Waals surface area contributed by atoms with Crippen molar-refractivity contribution in [2.75, 3.05) is 25.4 Å². The highest BCUT2D eigenvalue weighted by atomic mass is 32.1. The Hall–Kier alpha value is -3.06. The molecule has 0 spiro atoms. The third-order valence-corrected chi connectivity index (χ3v) is 6.09. The lowest BCUT2D eigenvalue weighted by Crippen LogP contribution is -2.50. The van der Waals surface area contributed by atoms with Gasteiger partial charge in [0.1, 0.15) is 40.1 Å². The van der Waals surface area contributed by atoms with E-state index in [0.717, 1.165) is 18.3 Å². The molecular formula is C21H24F4N6O2S. The summed E-state index contributed by atoms with van der Waals surface area (Å²) in [5, 5.41) is 19.9. The van der Waals surface area contributed by atoms with Crippen molar-refractivity contribution in [3.63, 3.8) is 0 Å². The molecular weight excluding hydrogens is 476 g/mol. The van der Waals surface area contributed by atoms with Gasteiger partial charge < -0.3 is 26.5 Å². The number of aromatic nitrogens is 1. The number of hydrogen-bond donors (Lipinski definition) is 4. The number of likely N-dealkylation sites (tertiary alicyclic amines) is 1. The summed E-state index contributed by atoms with van der Waals surface area (Å²) < 4.78 is 54.0. The number of nitrogen functional groups attached to an aromatic ring is 1. The second-order valence-electron chi connectivity index (χ2n) is 7.61. The molecule has 2 heterocycles. The first kappa shape index (κ1) is 25.6. The number of aliphatic hydroxyl groups is 1. The number of rotatable bonds is 7. The molecule has 34 heavy (non-hydrogen) atoms. The molecule has 1 aliphatic heterocycles. The quantitative estimate of drug-likeness (QED) is 0.264. The molecule has 1 aliphatic rings. The Morgan fingerprint density at radius 3 is 2.71 bits per heavy atom. The van der Waals surface area contributed by atoms with E-state index in [-0.39, 0.29) is 21.5 Å². The third-order valence-electron chi connectivity index (χ3n) is 5.19. The van der Waals surface area contributed by atoms with Gasteiger partial charge >= 0.3 is 0 Å². The maximum Gasteiger partial charge on any atom is 0.273 e. The van der Waals surface area contributed by atoms with Crippen molar-refractivity contribution in [2.45, 2.75) is 37.8 Å². The van der Waals surface area contributed by atoms with Crippen molar-refractivity contribution in [1.29, 1.82) is 5.41 Å². The molecule has 1 fully saturated rings. The van der Waals surface area contributed by atoms with E-state index in [1.165, 1.54) is 6.07 Å². The van der Waals surface area contributed by atoms with E-state index in [2.05, 4.69) is 15.3 Å². The highest BCUT2D eigenvalue weighted by Gasteiger charge is 2.28.